The van der Waals surface area contributed by atoms with Crippen molar-refractivity contribution in [3.8, 4) is 11.5 Å². The van der Waals surface area contributed by atoms with Crippen LogP contribution < -0.4 is 9.47 Å². The molecule has 0 saturated carbocycles. The van der Waals surface area contributed by atoms with Gasteiger partial charge in [-0.2, -0.15) is 0 Å². The van der Waals surface area contributed by atoms with Crippen LogP contribution in [0, 0.1) is 6.92 Å². The predicted molar refractivity (Wildman–Crippen MR) is 114 cm³/mol. The van der Waals surface area contributed by atoms with E-state index in [0.717, 1.165) is 21.2 Å². The molecule has 3 aromatic rings. The molecule has 4 rings (SSSR count). The van der Waals surface area contributed by atoms with E-state index in [1.807, 2.05) is 55.5 Å². The Bertz CT molecular complexity index is 1100. The van der Waals surface area contributed by atoms with E-state index in [1.165, 1.54) is 0 Å². The first-order valence-electron chi connectivity index (χ1n) is 8.73. The smallest absolute Gasteiger partial charge is 0.231 e. The molecular formula is C23H16BrClO3. The Morgan fingerprint density at radius 2 is 1.82 bits per heavy atom. The average molecular weight is 456 g/mol. The summed E-state index contributed by atoms with van der Waals surface area (Å²) in [6.45, 7) is 2.22. The van der Waals surface area contributed by atoms with Crippen LogP contribution in [-0.2, 0) is 6.61 Å². The number of Topliss-reactive ketones (excluding diaryl/α,β-unsaturated/α-hetero) is 1. The van der Waals surface area contributed by atoms with Crippen LogP contribution in [0.25, 0.3) is 6.08 Å². The topological polar surface area (TPSA) is 35.5 Å². The van der Waals surface area contributed by atoms with Gasteiger partial charge in [0.1, 0.15) is 18.1 Å². The highest BCUT2D eigenvalue weighted by molar-refractivity contribution is 9.10. The highest BCUT2D eigenvalue weighted by atomic mass is 79.9. The molecule has 0 atom stereocenters. The van der Waals surface area contributed by atoms with E-state index in [4.69, 9.17) is 21.1 Å². The quantitative estimate of drug-likeness (QED) is 0.415. The van der Waals surface area contributed by atoms with Crippen molar-refractivity contribution in [3.05, 3.63) is 98.2 Å². The van der Waals surface area contributed by atoms with Gasteiger partial charge in [-0.1, -0.05) is 63.9 Å². The Hall–Kier alpha value is -2.56. The van der Waals surface area contributed by atoms with Gasteiger partial charge in [-0.15, -0.1) is 0 Å². The van der Waals surface area contributed by atoms with E-state index >= 15 is 0 Å². The summed E-state index contributed by atoms with van der Waals surface area (Å²) in [6, 6.07) is 18.8. The molecule has 3 aromatic carbocycles. The van der Waals surface area contributed by atoms with Gasteiger partial charge in [0.15, 0.2) is 5.76 Å². The van der Waals surface area contributed by atoms with Crippen molar-refractivity contribution in [3.63, 3.8) is 0 Å². The number of carbonyl (C=O) groups excluding carboxylic acids is 1. The number of rotatable bonds is 4. The molecule has 0 radical (unpaired) electrons. The largest absolute Gasteiger partial charge is 0.488 e. The molecule has 140 valence electrons. The van der Waals surface area contributed by atoms with Crippen LogP contribution in [0.5, 0.6) is 11.5 Å². The minimum absolute atomic E-state index is 0.133. The summed E-state index contributed by atoms with van der Waals surface area (Å²) in [5.41, 5.74) is 3.11. The molecule has 1 aliphatic heterocycles. The third-order valence-electron chi connectivity index (χ3n) is 4.57. The zero-order chi connectivity index (χ0) is 19.7. The summed E-state index contributed by atoms with van der Waals surface area (Å²) in [4.78, 5) is 12.7. The van der Waals surface area contributed by atoms with E-state index in [0.29, 0.717) is 34.5 Å². The van der Waals surface area contributed by atoms with Gasteiger partial charge in [-0.3, -0.25) is 4.79 Å². The minimum Gasteiger partial charge on any atom is -0.488 e. The second-order valence-electron chi connectivity index (χ2n) is 6.41. The van der Waals surface area contributed by atoms with Crippen molar-refractivity contribution in [1.29, 1.82) is 0 Å². The molecule has 0 bridgehead atoms. The van der Waals surface area contributed by atoms with Crippen molar-refractivity contribution in [2.24, 2.45) is 0 Å². The second kappa shape index (κ2) is 7.82. The second-order valence-corrected chi connectivity index (χ2v) is 7.67. The summed E-state index contributed by atoms with van der Waals surface area (Å²) in [6.07, 6.45) is 1.75. The minimum atomic E-state index is -0.133. The Kier molecular flexibility index (Phi) is 5.25. The molecule has 0 aliphatic carbocycles. The molecule has 28 heavy (non-hydrogen) atoms. The van der Waals surface area contributed by atoms with Crippen LogP contribution in [-0.4, -0.2) is 5.78 Å². The lowest BCUT2D eigenvalue weighted by molar-refractivity contribution is 0.101. The molecule has 3 nitrogen and oxygen atoms in total. The van der Waals surface area contributed by atoms with Crippen molar-refractivity contribution in [2.75, 3.05) is 0 Å². The highest BCUT2D eigenvalue weighted by Gasteiger charge is 2.30. The summed E-state index contributed by atoms with van der Waals surface area (Å²) in [5, 5.41) is 0.659. The first-order chi connectivity index (χ1) is 13.5. The third kappa shape index (κ3) is 3.58. The molecule has 0 unspecified atom stereocenters. The third-order valence-corrected chi connectivity index (χ3v) is 5.66. The maximum Gasteiger partial charge on any atom is 0.231 e. The molecule has 0 spiro atoms. The van der Waals surface area contributed by atoms with Crippen LogP contribution in [0.1, 0.15) is 27.0 Å². The summed E-state index contributed by atoms with van der Waals surface area (Å²) in [5.74, 6) is 1.37. The monoisotopic (exact) mass is 454 g/mol. The zero-order valence-electron chi connectivity index (χ0n) is 15.0. The molecule has 0 amide bonds. The van der Waals surface area contributed by atoms with Crippen LogP contribution in [0.4, 0.5) is 0 Å². The van der Waals surface area contributed by atoms with E-state index in [-0.39, 0.29) is 5.78 Å². The SMILES string of the molecule is Cc1c(OCc2ccccc2Cl)ccc2c1O/C(=C\c1ccccc1Br)C2=O. The van der Waals surface area contributed by atoms with E-state index < -0.39 is 0 Å². The lowest BCUT2D eigenvalue weighted by Gasteiger charge is -2.12. The molecule has 5 heteroatoms. The van der Waals surface area contributed by atoms with Crippen LogP contribution in [0.3, 0.4) is 0 Å². The maximum atomic E-state index is 12.7. The van der Waals surface area contributed by atoms with Crippen LogP contribution in [0.15, 0.2) is 70.9 Å². The van der Waals surface area contributed by atoms with Gasteiger partial charge >= 0.3 is 0 Å². The van der Waals surface area contributed by atoms with Gasteiger partial charge in [-0.25, -0.2) is 0 Å². The Morgan fingerprint density at radius 1 is 1.07 bits per heavy atom. The van der Waals surface area contributed by atoms with E-state index in [9.17, 15) is 4.79 Å². The van der Waals surface area contributed by atoms with Gasteiger partial charge in [0.2, 0.25) is 5.78 Å². The summed E-state index contributed by atoms with van der Waals surface area (Å²) in [7, 11) is 0. The molecule has 1 aliphatic rings. The van der Waals surface area contributed by atoms with Gasteiger partial charge in [0.05, 0.1) is 5.56 Å². The molecular weight excluding hydrogens is 440 g/mol. The van der Waals surface area contributed by atoms with Gasteiger partial charge < -0.3 is 9.47 Å². The molecule has 0 N–H and O–H groups in total. The summed E-state index contributed by atoms with van der Waals surface area (Å²) >= 11 is 9.68. The first kappa shape index (κ1) is 18.8. The number of carbonyl (C=O) groups is 1. The average Bonchev–Trinajstić information content (AvgIpc) is 3.01. The first-order valence-corrected chi connectivity index (χ1v) is 9.90. The van der Waals surface area contributed by atoms with Gasteiger partial charge in [0, 0.05) is 20.6 Å². The number of halogens is 2. The molecule has 1 heterocycles. The van der Waals surface area contributed by atoms with Crippen molar-refractivity contribution >= 4 is 39.4 Å². The van der Waals surface area contributed by atoms with Crippen molar-refractivity contribution in [1.82, 2.24) is 0 Å². The van der Waals surface area contributed by atoms with Crippen molar-refractivity contribution < 1.29 is 14.3 Å². The number of fused-ring (bicyclic) bond motifs is 1. The number of hydrogen-bond acceptors (Lipinski definition) is 3. The number of allylic oxidation sites excluding steroid dienone is 1. The van der Waals surface area contributed by atoms with E-state index in [2.05, 4.69) is 15.9 Å². The Morgan fingerprint density at radius 3 is 2.61 bits per heavy atom. The highest BCUT2D eigenvalue weighted by Crippen LogP contribution is 2.40. The maximum absolute atomic E-state index is 12.7. The standard InChI is InChI=1S/C23H16BrClO3/c1-14-20(27-13-16-7-3-5-9-19(16)25)11-10-17-22(26)21(28-23(14)17)12-15-6-2-4-8-18(15)24/h2-12H,13H2,1H3/b21-12-. The molecule has 0 aromatic heterocycles. The number of ketones is 1. The number of benzene rings is 3. The lowest BCUT2D eigenvalue weighted by Crippen LogP contribution is -1.99. The fraction of sp³-hybridized carbons (Fsp3) is 0.0870. The van der Waals surface area contributed by atoms with Crippen LogP contribution >= 0.6 is 27.5 Å². The Balaban J connectivity index is 1.60. The number of ether oxygens (including phenoxy) is 2. The lowest BCUT2D eigenvalue weighted by atomic mass is 10.1. The zero-order valence-corrected chi connectivity index (χ0v) is 17.4. The predicted octanol–water partition coefficient (Wildman–Crippen LogP) is 6.61. The number of hydrogen-bond donors (Lipinski definition) is 0. The van der Waals surface area contributed by atoms with E-state index in [1.54, 1.807) is 18.2 Å². The van der Waals surface area contributed by atoms with Gasteiger partial charge in [-0.05, 0) is 42.8 Å². The van der Waals surface area contributed by atoms with Crippen LogP contribution in [0.2, 0.25) is 5.02 Å². The Labute approximate surface area is 176 Å². The molecule has 0 saturated heterocycles. The fourth-order valence-electron chi connectivity index (χ4n) is 3.03. The van der Waals surface area contributed by atoms with Gasteiger partial charge in [0.25, 0.3) is 0 Å². The summed E-state index contributed by atoms with van der Waals surface area (Å²) < 4.78 is 12.7. The van der Waals surface area contributed by atoms with Crippen molar-refractivity contribution in [2.45, 2.75) is 13.5 Å². The fourth-order valence-corrected chi connectivity index (χ4v) is 3.62. The normalized spacial score (nSPS) is 14.1. The molecule has 0 fully saturated rings.